The second-order valence-electron chi connectivity index (χ2n) is 9.42. The number of carbonyl (C=O) groups is 1. The zero-order chi connectivity index (χ0) is 26.1. The second kappa shape index (κ2) is 10.6. The van der Waals surface area contributed by atoms with Crippen molar-refractivity contribution in [3.8, 4) is 0 Å². The highest BCUT2D eigenvalue weighted by atomic mass is 35.5. The van der Waals surface area contributed by atoms with Gasteiger partial charge in [0.1, 0.15) is 23.8 Å². The predicted octanol–water partition coefficient (Wildman–Crippen LogP) is 4.74. The van der Waals surface area contributed by atoms with E-state index in [0.29, 0.717) is 28.5 Å². The number of hydrogen-bond donors (Lipinski definition) is 2. The molecule has 0 spiro atoms. The summed E-state index contributed by atoms with van der Waals surface area (Å²) in [6, 6.07) is 4.34. The molecule has 1 amide bonds. The van der Waals surface area contributed by atoms with E-state index in [-0.39, 0.29) is 10.9 Å². The van der Waals surface area contributed by atoms with Gasteiger partial charge in [-0.1, -0.05) is 11.6 Å². The summed E-state index contributed by atoms with van der Waals surface area (Å²) in [5.74, 6) is 0.280. The van der Waals surface area contributed by atoms with E-state index in [0.717, 1.165) is 62.6 Å². The van der Waals surface area contributed by atoms with E-state index in [9.17, 15) is 9.18 Å². The quantitative estimate of drug-likeness (QED) is 0.434. The highest BCUT2D eigenvalue weighted by molar-refractivity contribution is 6.36. The Hall–Kier alpha value is -3.27. The molecule has 1 aromatic carbocycles. The molecule has 1 fully saturated rings. The number of aryl methyl sites for hydroxylation is 1. The Morgan fingerprint density at radius 3 is 2.78 bits per heavy atom. The van der Waals surface area contributed by atoms with Crippen molar-refractivity contribution in [1.29, 1.82) is 0 Å². The van der Waals surface area contributed by atoms with Crippen molar-refractivity contribution < 1.29 is 13.9 Å². The van der Waals surface area contributed by atoms with Crippen molar-refractivity contribution in [2.45, 2.75) is 26.7 Å². The van der Waals surface area contributed by atoms with Gasteiger partial charge in [-0.15, -0.1) is 0 Å². The molecule has 0 radical (unpaired) electrons. The van der Waals surface area contributed by atoms with Crippen LogP contribution in [0.4, 0.5) is 21.7 Å². The SMILES string of the molecule is Cc1[nH]c(/C=C2\C(=O)N(C)c3ncnc(Nc4ccc(F)c(Cl)c4)c32)c(C)c1CCCN1CCOCC1. The van der Waals surface area contributed by atoms with E-state index in [1.807, 2.05) is 6.08 Å². The molecule has 0 aliphatic carbocycles. The Morgan fingerprint density at radius 1 is 1.24 bits per heavy atom. The van der Waals surface area contributed by atoms with Crippen LogP contribution in [0.1, 0.15) is 34.5 Å². The molecule has 2 aliphatic heterocycles. The fourth-order valence-electron chi connectivity index (χ4n) is 4.98. The number of benzene rings is 1. The number of nitrogens with one attached hydrogen (secondary N) is 2. The van der Waals surface area contributed by atoms with Crippen molar-refractivity contribution in [3.63, 3.8) is 0 Å². The molecule has 0 unspecified atom stereocenters. The maximum absolute atomic E-state index is 13.7. The molecule has 194 valence electrons. The molecule has 2 aromatic heterocycles. The maximum Gasteiger partial charge on any atom is 0.260 e. The number of H-pyrrole nitrogens is 1. The number of rotatable bonds is 7. The lowest BCUT2D eigenvalue weighted by molar-refractivity contribution is -0.112. The standard InChI is InChI=1S/C27H30ClFN6O2/c1-16-19(5-4-8-35-9-11-37-12-10-35)17(2)32-23(16)14-20-24-25(30-15-31-26(24)34(3)27(20)36)33-18-6-7-22(29)21(28)13-18/h6-7,13-15,32H,4-5,8-12H2,1-3H3,(H,30,31,33)/b20-14-. The lowest BCUT2D eigenvalue weighted by atomic mass is 10.0. The monoisotopic (exact) mass is 524 g/mol. The first-order chi connectivity index (χ1) is 17.8. The molecule has 8 nitrogen and oxygen atoms in total. The number of nitrogens with zero attached hydrogens (tertiary/aromatic N) is 4. The fourth-order valence-corrected chi connectivity index (χ4v) is 5.17. The molecule has 0 saturated carbocycles. The van der Waals surface area contributed by atoms with E-state index >= 15 is 0 Å². The van der Waals surface area contributed by atoms with Crippen LogP contribution in [0.25, 0.3) is 11.6 Å². The number of hydrogen-bond acceptors (Lipinski definition) is 6. The van der Waals surface area contributed by atoms with E-state index in [1.165, 1.54) is 28.9 Å². The van der Waals surface area contributed by atoms with Crippen molar-refractivity contribution in [2.75, 3.05) is 50.1 Å². The van der Waals surface area contributed by atoms with Gasteiger partial charge in [-0.3, -0.25) is 14.6 Å². The van der Waals surface area contributed by atoms with Gasteiger partial charge in [0.25, 0.3) is 5.91 Å². The predicted molar refractivity (Wildman–Crippen MR) is 144 cm³/mol. The minimum Gasteiger partial charge on any atom is -0.379 e. The second-order valence-corrected chi connectivity index (χ2v) is 9.83. The number of likely N-dealkylation sites (N-methyl/N-ethyl adjacent to an activating group) is 1. The molecule has 2 aliphatic rings. The van der Waals surface area contributed by atoms with E-state index < -0.39 is 5.82 Å². The fraction of sp³-hybridized carbons (Fsp3) is 0.370. The number of aromatic nitrogens is 3. The number of halogens is 2. The molecule has 4 heterocycles. The number of carbonyl (C=O) groups excluding carboxylic acids is 1. The van der Waals surface area contributed by atoms with Gasteiger partial charge < -0.3 is 15.0 Å². The Balaban J connectivity index is 1.43. The molecule has 10 heteroatoms. The number of amides is 1. The van der Waals surface area contributed by atoms with Gasteiger partial charge in [0.2, 0.25) is 0 Å². The van der Waals surface area contributed by atoms with Crippen LogP contribution >= 0.6 is 11.6 Å². The Bertz CT molecular complexity index is 1370. The van der Waals surface area contributed by atoms with Gasteiger partial charge in [0.15, 0.2) is 0 Å². The molecule has 1 saturated heterocycles. The van der Waals surface area contributed by atoms with Gasteiger partial charge in [0, 0.05) is 37.2 Å². The van der Waals surface area contributed by atoms with Gasteiger partial charge in [-0.05, 0) is 68.6 Å². The normalized spacial score (nSPS) is 17.1. The van der Waals surface area contributed by atoms with E-state index in [4.69, 9.17) is 16.3 Å². The number of anilines is 3. The summed E-state index contributed by atoms with van der Waals surface area (Å²) >= 11 is 5.96. The first-order valence-electron chi connectivity index (χ1n) is 12.4. The summed E-state index contributed by atoms with van der Waals surface area (Å²) in [7, 11) is 1.69. The van der Waals surface area contributed by atoms with Crippen molar-refractivity contribution >= 4 is 46.5 Å². The van der Waals surface area contributed by atoms with Crippen LogP contribution in [0, 0.1) is 19.7 Å². The third-order valence-electron chi connectivity index (χ3n) is 7.06. The van der Waals surface area contributed by atoms with Crippen LogP contribution in [0.3, 0.4) is 0 Å². The largest absolute Gasteiger partial charge is 0.379 e. The van der Waals surface area contributed by atoms with Crippen LogP contribution < -0.4 is 10.2 Å². The number of ether oxygens (including phenoxy) is 1. The zero-order valence-corrected chi connectivity index (χ0v) is 22.0. The van der Waals surface area contributed by atoms with Gasteiger partial charge in [0.05, 0.1) is 29.4 Å². The smallest absolute Gasteiger partial charge is 0.260 e. The maximum atomic E-state index is 13.7. The zero-order valence-electron chi connectivity index (χ0n) is 21.2. The van der Waals surface area contributed by atoms with E-state index in [2.05, 4.69) is 39.0 Å². The summed E-state index contributed by atoms with van der Waals surface area (Å²) in [6.07, 6.45) is 5.29. The molecule has 5 rings (SSSR count). The molecule has 2 N–H and O–H groups in total. The van der Waals surface area contributed by atoms with Crippen LogP contribution in [0.15, 0.2) is 24.5 Å². The van der Waals surface area contributed by atoms with Crippen LogP contribution in [-0.2, 0) is 16.0 Å². The Labute approximate surface area is 220 Å². The molecule has 0 atom stereocenters. The lowest BCUT2D eigenvalue weighted by Gasteiger charge is -2.26. The number of morpholine rings is 1. The average molecular weight is 525 g/mol. The summed E-state index contributed by atoms with van der Waals surface area (Å²) in [4.78, 5) is 29.4. The van der Waals surface area contributed by atoms with Crippen molar-refractivity contribution in [3.05, 3.63) is 63.4 Å². The van der Waals surface area contributed by atoms with Crippen LogP contribution in [-0.4, -0.2) is 65.7 Å². The highest BCUT2D eigenvalue weighted by Gasteiger charge is 2.34. The van der Waals surface area contributed by atoms with E-state index in [1.54, 1.807) is 13.1 Å². The van der Waals surface area contributed by atoms with Gasteiger partial charge in [-0.2, -0.15) is 0 Å². The Kier molecular flexibility index (Phi) is 7.28. The first kappa shape index (κ1) is 25.4. The van der Waals surface area contributed by atoms with Crippen LogP contribution in [0.2, 0.25) is 5.02 Å². The average Bonchev–Trinajstić information content (AvgIpc) is 3.30. The number of aromatic amines is 1. The van der Waals surface area contributed by atoms with Crippen molar-refractivity contribution in [2.24, 2.45) is 0 Å². The molecule has 0 bridgehead atoms. The van der Waals surface area contributed by atoms with Gasteiger partial charge >= 0.3 is 0 Å². The number of fused-ring (bicyclic) bond motifs is 1. The summed E-state index contributed by atoms with van der Waals surface area (Å²) in [5, 5.41) is 3.17. The first-order valence-corrected chi connectivity index (χ1v) is 12.8. The summed E-state index contributed by atoms with van der Waals surface area (Å²) in [5.41, 5.74) is 6.05. The molecule has 37 heavy (non-hydrogen) atoms. The topological polar surface area (TPSA) is 86.4 Å². The molecular formula is C27H30ClFN6O2. The minimum absolute atomic E-state index is 0.00158. The Morgan fingerprint density at radius 2 is 2.03 bits per heavy atom. The molecule has 3 aromatic rings. The van der Waals surface area contributed by atoms with Crippen molar-refractivity contribution in [1.82, 2.24) is 19.9 Å². The lowest BCUT2D eigenvalue weighted by Crippen LogP contribution is -2.36. The van der Waals surface area contributed by atoms with Gasteiger partial charge in [-0.25, -0.2) is 14.4 Å². The third kappa shape index (κ3) is 5.12. The van der Waals surface area contributed by atoms with Crippen LogP contribution in [0.5, 0.6) is 0 Å². The third-order valence-corrected chi connectivity index (χ3v) is 7.35. The summed E-state index contributed by atoms with van der Waals surface area (Å²) < 4.78 is 19.1. The summed E-state index contributed by atoms with van der Waals surface area (Å²) in [6.45, 7) is 8.78. The minimum atomic E-state index is -0.506. The highest BCUT2D eigenvalue weighted by Crippen LogP contribution is 2.40. The molecular weight excluding hydrogens is 495 g/mol.